The number of unbranched alkanes of at least 4 members (excludes halogenated alkanes) is 3. The number of hydrogen-bond acceptors (Lipinski definition) is 1. The Morgan fingerprint density at radius 1 is 0.750 bits per heavy atom. The van der Waals surface area contributed by atoms with Crippen molar-refractivity contribution in [2.45, 2.75) is 92.9 Å². The number of hydrogen-bond donors (Lipinski definition) is 0. The molecule has 0 aliphatic rings. The summed E-state index contributed by atoms with van der Waals surface area (Å²) in [5.41, 5.74) is 0. The van der Waals surface area contributed by atoms with Crippen molar-refractivity contribution in [2.24, 2.45) is 0 Å². The molecular formula is C18H39NSn. The average Bonchev–Trinajstić information content (AvgIpc) is 2.48. The zero-order valence-corrected chi connectivity index (χ0v) is 17.7. The van der Waals surface area contributed by atoms with Crippen molar-refractivity contribution in [1.29, 1.82) is 0 Å². The van der Waals surface area contributed by atoms with Gasteiger partial charge in [-0.1, -0.05) is 0 Å². The maximum atomic E-state index is 2.87. The summed E-state index contributed by atoms with van der Waals surface area (Å²) in [5.74, 6) is 0. The van der Waals surface area contributed by atoms with Crippen LogP contribution in [0, 0.1) is 0 Å². The van der Waals surface area contributed by atoms with Gasteiger partial charge in [-0.3, -0.25) is 0 Å². The van der Waals surface area contributed by atoms with Crippen LogP contribution in [0.25, 0.3) is 0 Å². The van der Waals surface area contributed by atoms with Crippen LogP contribution in [0.3, 0.4) is 0 Å². The first-order chi connectivity index (χ1) is 9.70. The molecule has 0 spiro atoms. The molecule has 0 atom stereocenters. The minimum atomic E-state index is -2.15. The van der Waals surface area contributed by atoms with Crippen LogP contribution in [-0.2, 0) is 0 Å². The van der Waals surface area contributed by atoms with Crippen LogP contribution in [0.15, 0.2) is 12.3 Å². The van der Waals surface area contributed by atoms with E-state index in [0.29, 0.717) is 0 Å². The van der Waals surface area contributed by atoms with E-state index in [9.17, 15) is 0 Å². The van der Waals surface area contributed by atoms with Gasteiger partial charge in [0, 0.05) is 0 Å². The zero-order chi connectivity index (χ0) is 15.3. The Kier molecular flexibility index (Phi) is 13.3. The van der Waals surface area contributed by atoms with Gasteiger partial charge in [0.15, 0.2) is 0 Å². The quantitative estimate of drug-likeness (QED) is 0.322. The fourth-order valence-corrected chi connectivity index (χ4v) is 19.5. The molecule has 0 saturated carbocycles. The van der Waals surface area contributed by atoms with Gasteiger partial charge in [-0.25, -0.2) is 0 Å². The van der Waals surface area contributed by atoms with Gasteiger partial charge < -0.3 is 0 Å². The molecule has 0 bridgehead atoms. The van der Waals surface area contributed by atoms with Crippen LogP contribution in [0.1, 0.15) is 79.6 Å². The Morgan fingerprint density at radius 3 is 1.50 bits per heavy atom. The Balaban J connectivity index is 5.10. The second kappa shape index (κ2) is 13.0. The van der Waals surface area contributed by atoms with Crippen LogP contribution in [0.5, 0.6) is 0 Å². The van der Waals surface area contributed by atoms with Crippen molar-refractivity contribution >= 4 is 18.7 Å². The normalized spacial score (nSPS) is 12.2. The van der Waals surface area contributed by atoms with E-state index in [1.54, 1.807) is 13.3 Å². The molecule has 0 amide bonds. The van der Waals surface area contributed by atoms with Crippen molar-refractivity contribution in [2.75, 3.05) is 6.54 Å². The van der Waals surface area contributed by atoms with Crippen molar-refractivity contribution in [3.63, 3.8) is 0 Å². The molecule has 0 N–H and O–H groups in total. The molecule has 20 heavy (non-hydrogen) atoms. The number of rotatable bonds is 13. The second-order valence-corrected chi connectivity index (χ2v) is 19.0. The molecule has 0 aromatic carbocycles. The van der Waals surface area contributed by atoms with Crippen molar-refractivity contribution < 1.29 is 0 Å². The Hall–Kier alpha value is 0.339. The molecule has 0 radical (unpaired) electrons. The van der Waals surface area contributed by atoms with Crippen LogP contribution in [-0.4, -0.2) is 28.3 Å². The molecule has 0 aromatic rings. The van der Waals surface area contributed by atoms with Crippen LogP contribution < -0.4 is 0 Å². The molecule has 120 valence electrons. The molecule has 0 aliphatic heterocycles. The summed E-state index contributed by atoms with van der Waals surface area (Å²) in [6.07, 6.45) is 14.5. The number of allylic oxidation sites excluding steroid dienone is 1. The molecular weight excluding hydrogens is 349 g/mol. The van der Waals surface area contributed by atoms with Crippen molar-refractivity contribution in [1.82, 2.24) is 3.12 Å². The second-order valence-electron chi connectivity index (χ2n) is 6.11. The Morgan fingerprint density at radius 2 is 1.20 bits per heavy atom. The summed E-state index contributed by atoms with van der Waals surface area (Å²) < 4.78 is 7.60. The maximum absolute atomic E-state index is 2.87. The van der Waals surface area contributed by atoms with Gasteiger partial charge in [0.25, 0.3) is 0 Å². The third kappa shape index (κ3) is 7.38. The molecule has 0 aliphatic carbocycles. The Bertz CT molecular complexity index is 216. The first-order valence-electron chi connectivity index (χ1n) is 9.14. The SMILES string of the molecule is CCC=C[N](CC)[Sn]([CH2]CCC)([CH2]CCC)[CH2]CCC. The summed E-state index contributed by atoms with van der Waals surface area (Å²) in [6.45, 7) is 12.9. The van der Waals surface area contributed by atoms with E-state index >= 15 is 0 Å². The monoisotopic (exact) mass is 389 g/mol. The molecule has 0 unspecified atom stereocenters. The standard InChI is InChI=1S/C6H12N.3C4H9.Sn/c1-3-5-6-7-4-2;3*1-3-4-2;/h5-6H,3-4H2,1-2H3;3*1,3-4H2,2H3;/q-1;;;;+1. The molecule has 0 rings (SSSR count). The summed E-state index contributed by atoms with van der Waals surface area (Å²) in [4.78, 5) is 0. The summed E-state index contributed by atoms with van der Waals surface area (Å²) in [6, 6.07) is 0. The molecule has 0 heterocycles. The third-order valence-electron chi connectivity index (χ3n) is 4.46. The van der Waals surface area contributed by atoms with E-state index in [4.69, 9.17) is 0 Å². The van der Waals surface area contributed by atoms with E-state index in [1.807, 2.05) is 0 Å². The molecule has 1 nitrogen and oxygen atoms in total. The van der Waals surface area contributed by atoms with E-state index in [-0.39, 0.29) is 0 Å². The van der Waals surface area contributed by atoms with Gasteiger partial charge >= 0.3 is 133 Å². The summed E-state index contributed by atoms with van der Waals surface area (Å²) in [5, 5.41) is 0. The van der Waals surface area contributed by atoms with Gasteiger partial charge in [-0.2, -0.15) is 0 Å². The van der Waals surface area contributed by atoms with E-state index in [2.05, 4.69) is 50.0 Å². The average molecular weight is 388 g/mol. The minimum absolute atomic E-state index is 1.17. The van der Waals surface area contributed by atoms with Crippen molar-refractivity contribution in [3.8, 4) is 0 Å². The van der Waals surface area contributed by atoms with E-state index < -0.39 is 18.7 Å². The van der Waals surface area contributed by atoms with Gasteiger partial charge in [-0.05, 0) is 0 Å². The molecule has 0 aromatic heterocycles. The summed E-state index contributed by atoms with van der Waals surface area (Å²) in [7, 11) is 0. The topological polar surface area (TPSA) is 3.24 Å². The van der Waals surface area contributed by atoms with Crippen LogP contribution in [0.2, 0.25) is 13.3 Å². The van der Waals surface area contributed by atoms with E-state index in [1.165, 1.54) is 51.5 Å². The van der Waals surface area contributed by atoms with Gasteiger partial charge in [0.05, 0.1) is 0 Å². The molecule has 2 heteroatoms. The zero-order valence-electron chi connectivity index (χ0n) is 14.9. The van der Waals surface area contributed by atoms with Crippen molar-refractivity contribution in [3.05, 3.63) is 12.3 Å². The predicted molar refractivity (Wildman–Crippen MR) is 96.7 cm³/mol. The third-order valence-corrected chi connectivity index (χ3v) is 20.3. The Labute approximate surface area is 133 Å². The molecule has 0 fully saturated rings. The fraction of sp³-hybridized carbons (Fsp3) is 0.889. The fourth-order valence-electron chi connectivity index (χ4n) is 3.15. The van der Waals surface area contributed by atoms with E-state index in [0.717, 1.165) is 0 Å². The first-order valence-corrected chi connectivity index (χ1v) is 16.5. The predicted octanol–water partition coefficient (Wildman–Crippen LogP) is 6.58. The van der Waals surface area contributed by atoms with Gasteiger partial charge in [0.1, 0.15) is 0 Å². The van der Waals surface area contributed by atoms with Crippen LogP contribution >= 0.6 is 0 Å². The van der Waals surface area contributed by atoms with Gasteiger partial charge in [-0.15, -0.1) is 0 Å². The van der Waals surface area contributed by atoms with Crippen LogP contribution in [0.4, 0.5) is 0 Å². The number of nitrogens with zero attached hydrogens (tertiary/aromatic N) is 1. The van der Waals surface area contributed by atoms with Gasteiger partial charge in [0.2, 0.25) is 0 Å². The molecule has 0 saturated heterocycles. The summed E-state index contributed by atoms with van der Waals surface area (Å²) >= 11 is -2.15. The first kappa shape index (κ1) is 20.3.